The number of halogens is 1. The third kappa shape index (κ3) is 2.69. The van der Waals surface area contributed by atoms with Crippen LogP contribution < -0.4 is 0 Å². The Morgan fingerprint density at radius 1 is 1.41 bits per heavy atom. The number of alkyl halides is 1. The van der Waals surface area contributed by atoms with Crippen molar-refractivity contribution in [3.63, 3.8) is 0 Å². The first-order chi connectivity index (χ1) is 7.83. The minimum absolute atomic E-state index is 0.0221. The smallest absolute Gasteiger partial charge is 0.0965 e. The highest BCUT2D eigenvalue weighted by Gasteiger charge is 2.39. The molecule has 0 spiro atoms. The zero-order valence-corrected chi connectivity index (χ0v) is 12.6. The van der Waals surface area contributed by atoms with Gasteiger partial charge in [-0.05, 0) is 37.3 Å². The lowest BCUT2D eigenvalue weighted by Gasteiger charge is -2.28. The Morgan fingerprint density at radius 3 is 2.59 bits per heavy atom. The fourth-order valence-corrected chi connectivity index (χ4v) is 3.76. The van der Waals surface area contributed by atoms with E-state index in [1.807, 2.05) is 11.3 Å². The van der Waals surface area contributed by atoms with Crippen LogP contribution in [0.15, 0.2) is 12.1 Å². The summed E-state index contributed by atoms with van der Waals surface area (Å²) in [5.74, 6) is 0. The van der Waals surface area contributed by atoms with Crippen LogP contribution in [0.4, 0.5) is 0 Å². The zero-order valence-electron chi connectivity index (χ0n) is 11.0. The largest absolute Gasteiger partial charge is 0.373 e. The van der Waals surface area contributed by atoms with E-state index in [1.165, 1.54) is 9.75 Å². The van der Waals surface area contributed by atoms with Crippen molar-refractivity contribution < 1.29 is 4.74 Å². The summed E-state index contributed by atoms with van der Waals surface area (Å²) in [5.41, 5.74) is 0.0263. The summed E-state index contributed by atoms with van der Waals surface area (Å²) in [7, 11) is 0. The van der Waals surface area contributed by atoms with Gasteiger partial charge in [-0.3, -0.25) is 0 Å². The monoisotopic (exact) mass is 272 g/mol. The molecule has 1 aliphatic heterocycles. The average molecular weight is 273 g/mol. The molecule has 0 aliphatic carbocycles. The second kappa shape index (κ2) is 4.56. The van der Waals surface area contributed by atoms with Crippen molar-refractivity contribution in [2.75, 3.05) is 6.61 Å². The van der Waals surface area contributed by atoms with Gasteiger partial charge in [0.05, 0.1) is 11.0 Å². The molecule has 0 aromatic carbocycles. The third-order valence-corrected chi connectivity index (χ3v) is 5.80. The van der Waals surface area contributed by atoms with E-state index in [9.17, 15) is 0 Å². The van der Waals surface area contributed by atoms with Gasteiger partial charge in [-0.25, -0.2) is 0 Å². The average Bonchev–Trinajstić information content (AvgIpc) is 2.84. The first-order valence-electron chi connectivity index (χ1n) is 6.21. The minimum Gasteiger partial charge on any atom is -0.373 e. The second-order valence-corrected chi connectivity index (χ2v) is 7.63. The molecule has 2 atom stereocenters. The molecular formula is C14H21ClOS. The van der Waals surface area contributed by atoms with E-state index in [0.717, 1.165) is 19.4 Å². The summed E-state index contributed by atoms with van der Waals surface area (Å²) >= 11 is 8.42. The standard InChI is InChI=1S/C14H21ClOS/c1-13(2,3)11-7-6-10(17-11)12(15)14(4)8-5-9-16-14/h6-7,12H,5,8-9H2,1-4H3. The van der Waals surface area contributed by atoms with E-state index in [-0.39, 0.29) is 16.4 Å². The molecule has 1 aliphatic rings. The molecule has 96 valence electrons. The van der Waals surface area contributed by atoms with E-state index < -0.39 is 0 Å². The summed E-state index contributed by atoms with van der Waals surface area (Å²) < 4.78 is 5.83. The number of rotatable bonds is 2. The highest BCUT2D eigenvalue weighted by atomic mass is 35.5. The summed E-state index contributed by atoms with van der Waals surface area (Å²) in [6.07, 6.45) is 2.18. The molecule has 1 aromatic heterocycles. The Labute approximate surface area is 113 Å². The normalized spacial score (nSPS) is 27.4. The van der Waals surface area contributed by atoms with Gasteiger partial charge in [0.15, 0.2) is 0 Å². The predicted octanol–water partition coefficient (Wildman–Crippen LogP) is 4.89. The molecule has 1 aromatic rings. The molecule has 1 nitrogen and oxygen atoms in total. The maximum absolute atomic E-state index is 6.60. The van der Waals surface area contributed by atoms with Gasteiger partial charge >= 0.3 is 0 Å². The molecule has 3 heteroatoms. The van der Waals surface area contributed by atoms with Crippen molar-refractivity contribution >= 4 is 22.9 Å². The lowest BCUT2D eigenvalue weighted by Crippen LogP contribution is -2.28. The van der Waals surface area contributed by atoms with Crippen molar-refractivity contribution in [2.24, 2.45) is 0 Å². The molecular weight excluding hydrogens is 252 g/mol. The number of ether oxygens (including phenoxy) is 1. The lowest BCUT2D eigenvalue weighted by molar-refractivity contribution is 0.0171. The minimum atomic E-state index is -0.179. The zero-order chi connectivity index (χ0) is 12.7. The van der Waals surface area contributed by atoms with Crippen LogP contribution in [0.5, 0.6) is 0 Å². The fraction of sp³-hybridized carbons (Fsp3) is 0.714. The van der Waals surface area contributed by atoms with E-state index in [2.05, 4.69) is 39.8 Å². The lowest BCUT2D eigenvalue weighted by atomic mass is 9.94. The highest BCUT2D eigenvalue weighted by Crippen LogP contribution is 2.45. The summed E-state index contributed by atoms with van der Waals surface area (Å²) in [6, 6.07) is 4.36. The maximum atomic E-state index is 6.60. The Morgan fingerprint density at radius 2 is 2.12 bits per heavy atom. The highest BCUT2D eigenvalue weighted by molar-refractivity contribution is 7.12. The van der Waals surface area contributed by atoms with Gasteiger partial charge in [-0.1, -0.05) is 20.8 Å². The van der Waals surface area contributed by atoms with Crippen molar-refractivity contribution in [1.29, 1.82) is 0 Å². The number of thiophene rings is 1. The van der Waals surface area contributed by atoms with Crippen molar-refractivity contribution in [2.45, 2.75) is 56.9 Å². The Balaban J connectivity index is 2.20. The predicted molar refractivity (Wildman–Crippen MR) is 75.2 cm³/mol. The molecule has 2 heterocycles. The van der Waals surface area contributed by atoms with Gasteiger partial charge in [0.2, 0.25) is 0 Å². The van der Waals surface area contributed by atoms with Crippen LogP contribution in [0.25, 0.3) is 0 Å². The maximum Gasteiger partial charge on any atom is 0.0965 e. The topological polar surface area (TPSA) is 9.23 Å². The van der Waals surface area contributed by atoms with Gasteiger partial charge in [0.1, 0.15) is 0 Å². The van der Waals surface area contributed by atoms with Crippen LogP contribution in [0.3, 0.4) is 0 Å². The molecule has 0 radical (unpaired) electrons. The van der Waals surface area contributed by atoms with Crippen LogP contribution in [-0.4, -0.2) is 12.2 Å². The van der Waals surface area contributed by atoms with Gasteiger partial charge < -0.3 is 4.74 Å². The number of hydrogen-bond acceptors (Lipinski definition) is 2. The van der Waals surface area contributed by atoms with Crippen LogP contribution in [0.2, 0.25) is 0 Å². The molecule has 1 fully saturated rings. The first kappa shape index (κ1) is 13.4. The van der Waals surface area contributed by atoms with Gasteiger partial charge in [-0.15, -0.1) is 22.9 Å². The molecule has 0 bridgehead atoms. The van der Waals surface area contributed by atoms with Gasteiger partial charge in [0, 0.05) is 16.4 Å². The first-order valence-corrected chi connectivity index (χ1v) is 7.46. The molecule has 17 heavy (non-hydrogen) atoms. The molecule has 0 saturated carbocycles. The Kier molecular flexibility index (Phi) is 3.59. The molecule has 1 saturated heterocycles. The molecule has 2 unspecified atom stereocenters. The third-order valence-electron chi connectivity index (χ3n) is 3.40. The van der Waals surface area contributed by atoms with Crippen LogP contribution in [0.1, 0.15) is 55.7 Å². The van der Waals surface area contributed by atoms with Gasteiger partial charge in [0.25, 0.3) is 0 Å². The fourth-order valence-electron chi connectivity index (χ4n) is 2.19. The molecule has 0 amide bonds. The van der Waals surface area contributed by atoms with E-state index >= 15 is 0 Å². The van der Waals surface area contributed by atoms with E-state index in [1.54, 1.807) is 0 Å². The number of hydrogen-bond donors (Lipinski definition) is 0. The summed E-state index contributed by atoms with van der Waals surface area (Å²) in [4.78, 5) is 2.63. The quantitative estimate of drug-likeness (QED) is 0.696. The Bertz CT molecular complexity index is 385. The molecule has 0 N–H and O–H groups in total. The van der Waals surface area contributed by atoms with E-state index in [0.29, 0.717) is 0 Å². The van der Waals surface area contributed by atoms with Crippen LogP contribution in [0, 0.1) is 0 Å². The van der Waals surface area contributed by atoms with E-state index in [4.69, 9.17) is 16.3 Å². The summed E-state index contributed by atoms with van der Waals surface area (Å²) in [6.45, 7) is 9.68. The summed E-state index contributed by atoms with van der Waals surface area (Å²) in [5, 5.41) is -0.0221. The van der Waals surface area contributed by atoms with Crippen LogP contribution in [-0.2, 0) is 10.2 Å². The van der Waals surface area contributed by atoms with Crippen LogP contribution >= 0.6 is 22.9 Å². The van der Waals surface area contributed by atoms with Crippen molar-refractivity contribution in [3.8, 4) is 0 Å². The van der Waals surface area contributed by atoms with Crippen molar-refractivity contribution in [3.05, 3.63) is 21.9 Å². The van der Waals surface area contributed by atoms with Gasteiger partial charge in [-0.2, -0.15) is 0 Å². The Hall–Kier alpha value is -0.0500. The molecule has 2 rings (SSSR count). The SMILES string of the molecule is CC(C)(C)c1ccc(C(Cl)C2(C)CCCO2)s1. The second-order valence-electron chi connectivity index (χ2n) is 6.08. The van der Waals surface area contributed by atoms with Crippen molar-refractivity contribution in [1.82, 2.24) is 0 Å².